The third kappa shape index (κ3) is 1.59. The van der Waals surface area contributed by atoms with Crippen molar-refractivity contribution in [3.05, 3.63) is 30.3 Å². The van der Waals surface area contributed by atoms with Gasteiger partial charge in [0.25, 0.3) is 5.91 Å². The number of hydrogen-bond acceptors (Lipinski definition) is 4. The van der Waals surface area contributed by atoms with E-state index in [1.54, 1.807) is 38.1 Å². The molecule has 0 aliphatic carbocycles. The molecule has 2 aliphatic rings. The van der Waals surface area contributed by atoms with E-state index in [0.717, 1.165) is 4.90 Å². The van der Waals surface area contributed by atoms with Crippen LogP contribution in [0.4, 0.5) is 5.69 Å². The molecule has 0 aromatic heterocycles. The Morgan fingerprint density at radius 2 is 1.95 bits per heavy atom. The van der Waals surface area contributed by atoms with Gasteiger partial charge in [-0.15, -0.1) is 0 Å². The summed E-state index contributed by atoms with van der Waals surface area (Å²) in [6, 6.07) is 8.98. The maximum atomic E-state index is 12.9. The van der Waals surface area contributed by atoms with Gasteiger partial charge in [0.1, 0.15) is 0 Å². The van der Waals surface area contributed by atoms with Crippen LogP contribution in [-0.2, 0) is 14.4 Å². The molecule has 2 aliphatic heterocycles. The zero-order valence-electron chi connectivity index (χ0n) is 11.8. The van der Waals surface area contributed by atoms with Crippen LogP contribution < -0.4 is 5.01 Å². The lowest BCUT2D eigenvalue weighted by molar-refractivity contribution is -0.143. The molecule has 1 aromatic carbocycles. The van der Waals surface area contributed by atoms with Gasteiger partial charge in [0, 0.05) is 12.3 Å². The number of amides is 3. The maximum Gasteiger partial charge on any atom is 0.280 e. The van der Waals surface area contributed by atoms with Gasteiger partial charge in [-0.05, 0) is 19.1 Å². The predicted molar refractivity (Wildman–Crippen MR) is 76.5 cm³/mol. The van der Waals surface area contributed by atoms with Crippen molar-refractivity contribution in [1.82, 2.24) is 4.90 Å². The molecule has 1 spiro atoms. The van der Waals surface area contributed by atoms with E-state index in [0.29, 0.717) is 17.8 Å². The molecule has 3 rings (SSSR count). The van der Waals surface area contributed by atoms with Gasteiger partial charge >= 0.3 is 0 Å². The molecule has 6 heteroatoms. The van der Waals surface area contributed by atoms with E-state index in [9.17, 15) is 14.4 Å². The van der Waals surface area contributed by atoms with Crippen LogP contribution >= 0.6 is 0 Å². The molecule has 1 aromatic rings. The molecule has 6 nitrogen and oxygen atoms in total. The number of rotatable bonds is 2. The quantitative estimate of drug-likeness (QED) is 0.766. The summed E-state index contributed by atoms with van der Waals surface area (Å²) in [5.41, 5.74) is -0.174. The second-order valence-electron chi connectivity index (χ2n) is 5.38. The highest BCUT2D eigenvalue weighted by molar-refractivity contribution is 6.26. The number of carbonyl (C=O) groups is 3. The number of likely N-dealkylation sites (tertiary alicyclic amines) is 1. The van der Waals surface area contributed by atoms with Gasteiger partial charge in [-0.1, -0.05) is 25.1 Å². The molecule has 2 heterocycles. The summed E-state index contributed by atoms with van der Waals surface area (Å²) >= 11 is 0. The van der Waals surface area contributed by atoms with Gasteiger partial charge in [0.05, 0.1) is 11.4 Å². The number of nitrogens with zero attached hydrogens (tertiary/aromatic N) is 3. The topological polar surface area (TPSA) is 70.1 Å². The van der Waals surface area contributed by atoms with Crippen molar-refractivity contribution >= 4 is 29.6 Å². The molecule has 21 heavy (non-hydrogen) atoms. The predicted octanol–water partition coefficient (Wildman–Crippen LogP) is 1.17. The number of para-hydroxylation sites is 1. The fraction of sp³-hybridized carbons (Fsp3) is 0.333. The van der Waals surface area contributed by atoms with Gasteiger partial charge in [0.15, 0.2) is 5.54 Å². The van der Waals surface area contributed by atoms with Crippen LogP contribution in [0.2, 0.25) is 0 Å². The largest absolute Gasteiger partial charge is 0.280 e. The summed E-state index contributed by atoms with van der Waals surface area (Å²) in [5, 5.41) is 5.58. The molecule has 0 saturated carbocycles. The Morgan fingerprint density at radius 1 is 1.29 bits per heavy atom. The molecular formula is C15H15N3O3. The van der Waals surface area contributed by atoms with Crippen LogP contribution in [0.25, 0.3) is 0 Å². The third-order valence-corrected chi connectivity index (χ3v) is 4.27. The molecule has 0 radical (unpaired) electrons. The summed E-state index contributed by atoms with van der Waals surface area (Å²) in [4.78, 5) is 37.2. The van der Waals surface area contributed by atoms with Gasteiger partial charge in [-0.3, -0.25) is 19.3 Å². The highest BCUT2D eigenvalue weighted by Crippen LogP contribution is 2.42. The number of carbonyl (C=O) groups excluding carboxylic acids is 3. The van der Waals surface area contributed by atoms with Crippen LogP contribution in [-0.4, -0.2) is 34.4 Å². The zero-order valence-corrected chi connectivity index (χ0v) is 11.8. The van der Waals surface area contributed by atoms with Crippen molar-refractivity contribution in [3.63, 3.8) is 0 Å². The van der Waals surface area contributed by atoms with Gasteiger partial charge in [-0.25, -0.2) is 0 Å². The number of anilines is 1. The first kappa shape index (κ1) is 13.5. The van der Waals surface area contributed by atoms with Gasteiger partial charge < -0.3 is 0 Å². The summed E-state index contributed by atoms with van der Waals surface area (Å²) in [7, 11) is 0. The normalized spacial score (nSPS) is 28.5. The number of imide groups is 1. The lowest BCUT2D eigenvalue weighted by Crippen LogP contribution is -2.59. The fourth-order valence-electron chi connectivity index (χ4n) is 3.26. The Labute approximate surface area is 122 Å². The van der Waals surface area contributed by atoms with E-state index in [1.165, 1.54) is 5.01 Å². The fourth-order valence-corrected chi connectivity index (χ4v) is 3.26. The van der Waals surface area contributed by atoms with E-state index in [4.69, 9.17) is 0 Å². The van der Waals surface area contributed by atoms with Crippen LogP contribution in [0.5, 0.6) is 0 Å². The molecule has 0 N–H and O–H groups in total. The number of benzene rings is 1. The SMILES string of the molecule is CC1=NN(c2ccccc2)C(=O)[C@@]12[C@H](C)CC(=O)N2C=O. The second-order valence-corrected chi connectivity index (χ2v) is 5.38. The van der Waals surface area contributed by atoms with Crippen LogP contribution in [0, 0.1) is 5.92 Å². The molecule has 1 saturated heterocycles. The minimum absolute atomic E-state index is 0.167. The Hall–Kier alpha value is -2.50. The first-order valence-electron chi connectivity index (χ1n) is 6.76. The average Bonchev–Trinajstić information content (AvgIpc) is 2.89. The minimum Gasteiger partial charge on any atom is -0.278 e. The van der Waals surface area contributed by atoms with Crippen molar-refractivity contribution in [1.29, 1.82) is 0 Å². The van der Waals surface area contributed by atoms with Crippen molar-refractivity contribution in [2.24, 2.45) is 11.0 Å². The summed E-state index contributed by atoms with van der Waals surface area (Å²) < 4.78 is 0. The number of hydrogen-bond donors (Lipinski definition) is 0. The first-order chi connectivity index (χ1) is 10.0. The highest BCUT2D eigenvalue weighted by Gasteiger charge is 2.63. The molecule has 0 unspecified atom stereocenters. The van der Waals surface area contributed by atoms with Crippen LogP contribution in [0.1, 0.15) is 20.3 Å². The van der Waals surface area contributed by atoms with Crippen molar-refractivity contribution in [2.75, 3.05) is 5.01 Å². The van der Waals surface area contributed by atoms with Crippen molar-refractivity contribution < 1.29 is 14.4 Å². The Kier molecular flexibility index (Phi) is 2.90. The molecule has 2 atom stereocenters. The van der Waals surface area contributed by atoms with E-state index in [1.807, 2.05) is 6.07 Å². The molecule has 108 valence electrons. The Bertz CT molecular complexity index is 655. The van der Waals surface area contributed by atoms with E-state index in [2.05, 4.69) is 5.10 Å². The van der Waals surface area contributed by atoms with E-state index < -0.39 is 5.54 Å². The molecule has 3 amide bonds. The van der Waals surface area contributed by atoms with Crippen LogP contribution in [0.15, 0.2) is 35.4 Å². The van der Waals surface area contributed by atoms with Gasteiger partial charge in [-0.2, -0.15) is 10.1 Å². The lowest BCUT2D eigenvalue weighted by Gasteiger charge is -2.32. The number of hydrazone groups is 1. The maximum absolute atomic E-state index is 12.9. The first-order valence-corrected chi connectivity index (χ1v) is 6.76. The summed E-state index contributed by atoms with van der Waals surface area (Å²) in [6.45, 7) is 3.49. The zero-order chi connectivity index (χ0) is 15.2. The van der Waals surface area contributed by atoms with E-state index >= 15 is 0 Å². The van der Waals surface area contributed by atoms with Crippen molar-refractivity contribution in [3.8, 4) is 0 Å². The van der Waals surface area contributed by atoms with Crippen molar-refractivity contribution in [2.45, 2.75) is 25.8 Å². The third-order valence-electron chi connectivity index (χ3n) is 4.27. The smallest absolute Gasteiger partial charge is 0.278 e. The monoisotopic (exact) mass is 285 g/mol. The Balaban J connectivity index is 2.10. The second kappa shape index (κ2) is 4.51. The molecular weight excluding hydrogens is 270 g/mol. The highest BCUT2D eigenvalue weighted by atomic mass is 16.2. The molecule has 1 fully saturated rings. The van der Waals surface area contributed by atoms with Crippen LogP contribution in [0.3, 0.4) is 0 Å². The summed E-state index contributed by atoms with van der Waals surface area (Å²) in [6.07, 6.45) is 0.608. The Morgan fingerprint density at radius 3 is 2.57 bits per heavy atom. The molecule has 0 bridgehead atoms. The lowest BCUT2D eigenvalue weighted by atomic mass is 9.82. The standard InChI is InChI=1S/C15H15N3O3/c1-10-8-13(20)17(9-19)15(10)11(2)16-18(14(15)21)12-6-4-3-5-7-12/h3-7,9-10H,8H2,1-2H3/t10-,15-/m1/s1. The average molecular weight is 285 g/mol. The van der Waals surface area contributed by atoms with E-state index in [-0.39, 0.29) is 24.2 Å². The van der Waals surface area contributed by atoms with Gasteiger partial charge in [0.2, 0.25) is 12.3 Å². The minimum atomic E-state index is -1.27. The summed E-state index contributed by atoms with van der Waals surface area (Å²) in [5.74, 6) is -0.980.